The van der Waals surface area contributed by atoms with E-state index in [0.29, 0.717) is 23.7 Å². The molecule has 96 valence electrons. The Morgan fingerprint density at radius 3 is 2.88 bits per heavy atom. The van der Waals surface area contributed by atoms with Crippen LogP contribution in [0.3, 0.4) is 0 Å². The van der Waals surface area contributed by atoms with Crippen molar-refractivity contribution in [2.75, 3.05) is 27.3 Å². The molecule has 1 atom stereocenters. The van der Waals surface area contributed by atoms with Crippen molar-refractivity contribution in [1.29, 1.82) is 0 Å². The maximum Gasteiger partial charge on any atom is 0.123 e. The number of hydrogen-bond donors (Lipinski definition) is 1. The van der Waals surface area contributed by atoms with Crippen LogP contribution in [-0.4, -0.2) is 43.4 Å². The van der Waals surface area contributed by atoms with Gasteiger partial charge in [0.05, 0.1) is 12.7 Å². The molecular formula is C12H17ClFNO2. The monoisotopic (exact) mass is 261 g/mol. The number of hydrogen-bond acceptors (Lipinski definition) is 3. The minimum Gasteiger partial charge on any atom is -0.389 e. The summed E-state index contributed by atoms with van der Waals surface area (Å²) in [5.74, 6) is -0.310. The number of aliphatic hydroxyl groups excluding tert-OH is 1. The van der Waals surface area contributed by atoms with Crippen LogP contribution in [0.15, 0.2) is 18.2 Å². The fourth-order valence-corrected chi connectivity index (χ4v) is 1.80. The molecule has 0 radical (unpaired) electrons. The van der Waals surface area contributed by atoms with E-state index in [4.69, 9.17) is 16.3 Å². The van der Waals surface area contributed by atoms with Crippen LogP contribution >= 0.6 is 11.6 Å². The lowest BCUT2D eigenvalue weighted by Gasteiger charge is -2.20. The second-order valence-corrected chi connectivity index (χ2v) is 4.45. The van der Waals surface area contributed by atoms with Crippen LogP contribution < -0.4 is 0 Å². The van der Waals surface area contributed by atoms with Gasteiger partial charge in [0.1, 0.15) is 5.82 Å². The highest BCUT2D eigenvalue weighted by atomic mass is 35.5. The van der Waals surface area contributed by atoms with Gasteiger partial charge in [0, 0.05) is 25.2 Å². The highest BCUT2D eigenvalue weighted by Gasteiger charge is 2.10. The third-order valence-corrected chi connectivity index (χ3v) is 2.70. The SMILES string of the molecule is COC[C@H](O)CN(C)Cc1cc(F)ccc1Cl. The topological polar surface area (TPSA) is 32.7 Å². The Bertz CT molecular complexity index is 362. The van der Waals surface area contributed by atoms with Crippen LogP contribution in [0.1, 0.15) is 5.56 Å². The van der Waals surface area contributed by atoms with Crippen LogP contribution in [0.4, 0.5) is 4.39 Å². The van der Waals surface area contributed by atoms with Gasteiger partial charge in [-0.2, -0.15) is 0 Å². The molecule has 1 aromatic carbocycles. The molecule has 1 rings (SSSR count). The van der Waals surface area contributed by atoms with Crippen molar-refractivity contribution in [2.24, 2.45) is 0 Å². The van der Waals surface area contributed by atoms with Gasteiger partial charge in [-0.3, -0.25) is 4.90 Å². The number of methoxy groups -OCH3 is 1. The normalized spacial score (nSPS) is 13.1. The molecule has 0 aliphatic heterocycles. The van der Waals surface area contributed by atoms with Crippen LogP contribution in [-0.2, 0) is 11.3 Å². The summed E-state index contributed by atoms with van der Waals surface area (Å²) >= 11 is 5.96. The summed E-state index contributed by atoms with van der Waals surface area (Å²) in [5.41, 5.74) is 0.707. The largest absolute Gasteiger partial charge is 0.389 e. The maximum atomic E-state index is 13.0. The van der Waals surface area contributed by atoms with Gasteiger partial charge in [0.15, 0.2) is 0 Å². The van der Waals surface area contributed by atoms with Gasteiger partial charge in [-0.1, -0.05) is 11.6 Å². The average molecular weight is 262 g/mol. The van der Waals surface area contributed by atoms with E-state index in [1.54, 1.807) is 0 Å². The first-order chi connectivity index (χ1) is 8.02. The first kappa shape index (κ1) is 14.4. The van der Waals surface area contributed by atoms with E-state index < -0.39 is 6.10 Å². The Morgan fingerprint density at radius 1 is 1.53 bits per heavy atom. The summed E-state index contributed by atoms with van der Waals surface area (Å²) in [7, 11) is 3.37. The molecule has 0 saturated carbocycles. The minimum atomic E-state index is -0.558. The van der Waals surface area contributed by atoms with Crippen LogP contribution in [0.5, 0.6) is 0 Å². The summed E-state index contributed by atoms with van der Waals surface area (Å²) in [5, 5.41) is 10.1. The lowest BCUT2D eigenvalue weighted by Crippen LogP contribution is -2.31. The molecular weight excluding hydrogens is 245 g/mol. The lowest BCUT2D eigenvalue weighted by atomic mass is 10.2. The van der Waals surface area contributed by atoms with Crippen molar-refractivity contribution < 1.29 is 14.2 Å². The minimum absolute atomic E-state index is 0.279. The summed E-state index contributed by atoms with van der Waals surface area (Å²) < 4.78 is 17.9. The predicted molar refractivity (Wildman–Crippen MR) is 65.6 cm³/mol. The molecule has 1 N–H and O–H groups in total. The number of benzene rings is 1. The van der Waals surface area contributed by atoms with Gasteiger partial charge >= 0.3 is 0 Å². The molecule has 0 amide bonds. The molecule has 0 bridgehead atoms. The molecule has 17 heavy (non-hydrogen) atoms. The van der Waals surface area contributed by atoms with Crippen LogP contribution in [0, 0.1) is 5.82 Å². The summed E-state index contributed by atoms with van der Waals surface area (Å²) in [6.07, 6.45) is -0.558. The average Bonchev–Trinajstić information content (AvgIpc) is 2.23. The lowest BCUT2D eigenvalue weighted by molar-refractivity contribution is 0.0419. The number of ether oxygens (including phenoxy) is 1. The van der Waals surface area contributed by atoms with E-state index in [-0.39, 0.29) is 12.4 Å². The fraction of sp³-hybridized carbons (Fsp3) is 0.500. The molecule has 0 saturated heterocycles. The van der Waals surface area contributed by atoms with Gasteiger partial charge < -0.3 is 9.84 Å². The summed E-state index contributed by atoms with van der Waals surface area (Å²) in [6.45, 7) is 1.21. The third-order valence-electron chi connectivity index (χ3n) is 2.33. The first-order valence-electron chi connectivity index (χ1n) is 5.32. The van der Waals surface area contributed by atoms with Crippen molar-refractivity contribution >= 4 is 11.6 Å². The molecule has 5 heteroatoms. The maximum absolute atomic E-state index is 13.0. The Labute approximate surface area is 106 Å². The Morgan fingerprint density at radius 2 is 2.24 bits per heavy atom. The fourth-order valence-electron chi connectivity index (χ4n) is 1.62. The van der Waals surface area contributed by atoms with E-state index >= 15 is 0 Å². The summed E-state index contributed by atoms with van der Waals surface area (Å²) in [4.78, 5) is 1.87. The second kappa shape index (κ2) is 6.91. The number of aliphatic hydroxyl groups is 1. The van der Waals surface area contributed by atoms with E-state index in [2.05, 4.69) is 0 Å². The zero-order valence-corrected chi connectivity index (χ0v) is 10.7. The molecule has 0 heterocycles. The van der Waals surface area contributed by atoms with Crippen molar-refractivity contribution in [1.82, 2.24) is 4.90 Å². The molecule has 0 aliphatic rings. The van der Waals surface area contributed by atoms with E-state index in [1.165, 1.54) is 25.3 Å². The van der Waals surface area contributed by atoms with Gasteiger partial charge in [0.25, 0.3) is 0 Å². The van der Waals surface area contributed by atoms with Crippen molar-refractivity contribution in [3.63, 3.8) is 0 Å². The highest BCUT2D eigenvalue weighted by molar-refractivity contribution is 6.31. The molecule has 0 aromatic heterocycles. The van der Waals surface area contributed by atoms with E-state index in [9.17, 15) is 9.50 Å². The zero-order chi connectivity index (χ0) is 12.8. The molecule has 0 aliphatic carbocycles. The van der Waals surface area contributed by atoms with Gasteiger partial charge in [0.2, 0.25) is 0 Å². The molecule has 0 fully saturated rings. The van der Waals surface area contributed by atoms with E-state index in [0.717, 1.165) is 0 Å². The quantitative estimate of drug-likeness (QED) is 0.849. The van der Waals surface area contributed by atoms with Crippen LogP contribution in [0.25, 0.3) is 0 Å². The second-order valence-electron chi connectivity index (χ2n) is 4.04. The standard InChI is InChI=1S/C12H17ClFNO2/c1-15(7-11(16)8-17-2)6-9-5-10(14)3-4-12(9)13/h3-5,11,16H,6-8H2,1-2H3/t11-/m1/s1. The van der Waals surface area contributed by atoms with Crippen molar-refractivity contribution in [3.8, 4) is 0 Å². The Hall–Kier alpha value is -0.680. The van der Waals surface area contributed by atoms with Crippen molar-refractivity contribution in [2.45, 2.75) is 12.6 Å². The molecule has 0 spiro atoms. The first-order valence-corrected chi connectivity index (χ1v) is 5.70. The van der Waals surface area contributed by atoms with Crippen LogP contribution in [0.2, 0.25) is 5.02 Å². The summed E-state index contributed by atoms with van der Waals surface area (Å²) in [6, 6.07) is 4.26. The van der Waals surface area contributed by atoms with Gasteiger partial charge in [-0.05, 0) is 30.8 Å². The Balaban J connectivity index is 2.55. The van der Waals surface area contributed by atoms with E-state index in [1.807, 2.05) is 11.9 Å². The number of rotatable bonds is 6. The smallest absolute Gasteiger partial charge is 0.123 e. The Kier molecular flexibility index (Phi) is 5.85. The predicted octanol–water partition coefficient (Wildman–Crippen LogP) is 1.92. The van der Waals surface area contributed by atoms with Crippen molar-refractivity contribution in [3.05, 3.63) is 34.6 Å². The number of halogens is 2. The molecule has 0 unspecified atom stereocenters. The number of nitrogens with zero attached hydrogens (tertiary/aromatic N) is 1. The zero-order valence-electron chi connectivity index (χ0n) is 9.99. The third kappa shape index (κ3) is 5.00. The molecule has 1 aromatic rings. The number of likely N-dealkylation sites (N-methyl/N-ethyl adjacent to an activating group) is 1. The molecule has 3 nitrogen and oxygen atoms in total. The highest BCUT2D eigenvalue weighted by Crippen LogP contribution is 2.18. The van der Waals surface area contributed by atoms with Gasteiger partial charge in [-0.25, -0.2) is 4.39 Å². The van der Waals surface area contributed by atoms with Gasteiger partial charge in [-0.15, -0.1) is 0 Å².